The smallest absolute Gasteiger partial charge is 0.317 e. The highest BCUT2D eigenvalue weighted by atomic mass is 32.2. The topological polar surface area (TPSA) is 159 Å². The van der Waals surface area contributed by atoms with Gasteiger partial charge in [0.15, 0.2) is 9.84 Å². The van der Waals surface area contributed by atoms with Gasteiger partial charge in [0, 0.05) is 19.6 Å². The van der Waals surface area contributed by atoms with E-state index in [2.05, 4.69) is 10.6 Å². The van der Waals surface area contributed by atoms with Crippen LogP contribution in [0.25, 0.3) is 0 Å². The summed E-state index contributed by atoms with van der Waals surface area (Å²) in [6, 6.07) is -2.19. The largest absolute Gasteiger partial charge is 0.481 e. The Morgan fingerprint density at radius 3 is 2.43 bits per heavy atom. The average Bonchev–Trinajstić information content (AvgIpc) is 2.32. The summed E-state index contributed by atoms with van der Waals surface area (Å²) in [6.07, 6.45) is -0.438. The molecule has 0 spiro atoms. The molecule has 1 aliphatic rings. The summed E-state index contributed by atoms with van der Waals surface area (Å²) in [4.78, 5) is 34.3. The van der Waals surface area contributed by atoms with Gasteiger partial charge in [-0.1, -0.05) is 0 Å². The predicted molar refractivity (Wildman–Crippen MR) is 72.4 cm³/mol. The molecule has 0 aromatic carbocycles. The van der Waals surface area contributed by atoms with E-state index in [1.54, 1.807) is 0 Å². The van der Waals surface area contributed by atoms with Crippen LogP contribution < -0.4 is 16.4 Å². The van der Waals surface area contributed by atoms with E-state index in [-0.39, 0.29) is 31.1 Å². The molecule has 0 saturated carbocycles. The van der Waals surface area contributed by atoms with Crippen LogP contribution in [0.1, 0.15) is 6.42 Å². The number of carboxylic acids is 1. The van der Waals surface area contributed by atoms with E-state index in [0.717, 1.165) is 0 Å². The maximum absolute atomic E-state index is 11.9. The molecule has 1 atom stereocenters. The number of carbonyl (C=O) groups excluding carboxylic acids is 2. The maximum Gasteiger partial charge on any atom is 0.317 e. The van der Waals surface area contributed by atoms with Gasteiger partial charge in [0.05, 0.1) is 24.0 Å². The van der Waals surface area contributed by atoms with Crippen molar-refractivity contribution in [3.05, 3.63) is 0 Å². The van der Waals surface area contributed by atoms with E-state index in [9.17, 15) is 22.8 Å². The van der Waals surface area contributed by atoms with Gasteiger partial charge in [-0.05, 0) is 0 Å². The zero-order valence-electron chi connectivity index (χ0n) is 11.2. The Morgan fingerprint density at radius 1 is 1.24 bits per heavy atom. The minimum absolute atomic E-state index is 0.0602. The number of hydrogen-bond acceptors (Lipinski definition) is 5. The number of nitrogens with two attached hydrogens (primary N) is 1. The van der Waals surface area contributed by atoms with Crippen LogP contribution in [0.15, 0.2) is 0 Å². The normalized spacial score (nSPS) is 20.6. The summed E-state index contributed by atoms with van der Waals surface area (Å²) in [5.41, 5.74) is 4.85. The Balaban J connectivity index is 2.58. The Hall–Kier alpha value is -2.04. The van der Waals surface area contributed by atoms with Crippen LogP contribution in [0, 0.1) is 0 Å². The number of primary amides is 1. The van der Waals surface area contributed by atoms with Crippen molar-refractivity contribution in [1.29, 1.82) is 0 Å². The number of aliphatic carboxylic acids is 1. The molecule has 120 valence electrons. The summed E-state index contributed by atoms with van der Waals surface area (Å²) in [5.74, 6) is -1.74. The molecule has 21 heavy (non-hydrogen) atoms. The van der Waals surface area contributed by atoms with Crippen LogP contribution in [0.3, 0.4) is 0 Å². The van der Waals surface area contributed by atoms with Gasteiger partial charge in [-0.25, -0.2) is 18.0 Å². The molecule has 1 heterocycles. The lowest BCUT2D eigenvalue weighted by Crippen LogP contribution is -2.55. The van der Waals surface area contributed by atoms with Gasteiger partial charge in [0.2, 0.25) is 0 Å². The first-order valence-corrected chi connectivity index (χ1v) is 8.03. The fraction of sp³-hybridized carbons (Fsp3) is 0.700. The average molecular weight is 322 g/mol. The Labute approximate surface area is 121 Å². The van der Waals surface area contributed by atoms with Gasteiger partial charge >= 0.3 is 18.0 Å². The molecule has 0 bridgehead atoms. The molecule has 1 aliphatic heterocycles. The van der Waals surface area contributed by atoms with Gasteiger partial charge in [-0.2, -0.15) is 0 Å². The van der Waals surface area contributed by atoms with Crippen LogP contribution in [0.5, 0.6) is 0 Å². The lowest BCUT2D eigenvalue weighted by Gasteiger charge is -2.34. The van der Waals surface area contributed by atoms with E-state index in [0.29, 0.717) is 0 Å². The first-order valence-electron chi connectivity index (χ1n) is 6.21. The standard InChI is InChI=1S/C10H18N4O6S/c11-9(17)12-1-2-13-10(18)14-3-4-21(19,20)6-7(14)5-8(15)16/h7H,1-6H2,(H,13,18)(H,15,16)(H3,11,12,17). The molecule has 4 amide bonds. The number of urea groups is 2. The highest BCUT2D eigenvalue weighted by Crippen LogP contribution is 2.15. The predicted octanol–water partition coefficient (Wildman–Crippen LogP) is -2.06. The zero-order chi connectivity index (χ0) is 16.0. The monoisotopic (exact) mass is 322 g/mol. The van der Waals surface area contributed by atoms with Gasteiger partial charge in [0.1, 0.15) is 0 Å². The van der Waals surface area contributed by atoms with Gasteiger partial charge in [0.25, 0.3) is 0 Å². The number of carboxylic acid groups (broad SMARTS) is 1. The number of hydrogen-bond donors (Lipinski definition) is 4. The maximum atomic E-state index is 11.9. The van der Waals surface area contributed by atoms with E-state index in [4.69, 9.17) is 10.8 Å². The lowest BCUT2D eigenvalue weighted by molar-refractivity contribution is -0.138. The van der Waals surface area contributed by atoms with Crippen LogP contribution in [0.4, 0.5) is 9.59 Å². The first kappa shape index (κ1) is 17.0. The summed E-state index contributed by atoms with van der Waals surface area (Å²) in [6.45, 7) is 0.164. The van der Waals surface area contributed by atoms with E-state index < -0.39 is 40.3 Å². The molecular weight excluding hydrogens is 304 g/mol. The molecule has 1 unspecified atom stereocenters. The van der Waals surface area contributed by atoms with Crippen LogP contribution in [-0.2, 0) is 14.6 Å². The SMILES string of the molecule is NC(=O)NCCNC(=O)N1CCS(=O)(=O)CC1CC(=O)O. The number of rotatable bonds is 5. The lowest BCUT2D eigenvalue weighted by atomic mass is 10.2. The minimum atomic E-state index is -3.34. The molecule has 0 aromatic rings. The van der Waals surface area contributed by atoms with Crippen molar-refractivity contribution in [3.8, 4) is 0 Å². The minimum Gasteiger partial charge on any atom is -0.481 e. The number of nitrogens with one attached hydrogen (secondary N) is 2. The van der Waals surface area contributed by atoms with Crippen molar-refractivity contribution in [3.63, 3.8) is 0 Å². The fourth-order valence-electron chi connectivity index (χ4n) is 1.98. The van der Waals surface area contributed by atoms with Gasteiger partial charge in [-0.15, -0.1) is 0 Å². The molecule has 1 saturated heterocycles. The molecule has 1 rings (SSSR count). The number of amides is 4. The van der Waals surface area contributed by atoms with Crippen LogP contribution in [0.2, 0.25) is 0 Å². The fourth-order valence-corrected chi connectivity index (χ4v) is 3.51. The van der Waals surface area contributed by atoms with Crippen molar-refractivity contribution in [2.75, 3.05) is 31.1 Å². The summed E-state index contributed by atoms with van der Waals surface area (Å²) < 4.78 is 23.1. The molecule has 0 aliphatic carbocycles. The van der Waals surface area contributed by atoms with E-state index in [1.807, 2.05) is 0 Å². The number of nitrogens with zero attached hydrogens (tertiary/aromatic N) is 1. The Kier molecular flexibility index (Phi) is 5.76. The van der Waals surface area contributed by atoms with Crippen molar-refractivity contribution >= 4 is 27.9 Å². The quantitative estimate of drug-likeness (QED) is 0.426. The number of carbonyl (C=O) groups is 3. The molecule has 0 aromatic heterocycles. The van der Waals surface area contributed by atoms with Crippen molar-refractivity contribution in [1.82, 2.24) is 15.5 Å². The van der Waals surface area contributed by atoms with Crippen LogP contribution in [-0.4, -0.2) is 73.6 Å². The molecule has 1 fully saturated rings. The Bertz CT molecular complexity index is 520. The van der Waals surface area contributed by atoms with E-state index in [1.165, 1.54) is 4.90 Å². The van der Waals surface area contributed by atoms with E-state index >= 15 is 0 Å². The first-order chi connectivity index (χ1) is 9.71. The summed E-state index contributed by atoms with van der Waals surface area (Å²) in [5, 5.41) is 13.5. The number of sulfone groups is 1. The van der Waals surface area contributed by atoms with Crippen molar-refractivity contribution < 1.29 is 27.9 Å². The molecule has 11 heteroatoms. The third kappa shape index (κ3) is 5.85. The third-order valence-corrected chi connectivity index (χ3v) is 4.60. The third-order valence-electron chi connectivity index (χ3n) is 2.90. The highest BCUT2D eigenvalue weighted by Gasteiger charge is 2.35. The van der Waals surface area contributed by atoms with Crippen molar-refractivity contribution in [2.45, 2.75) is 12.5 Å². The Morgan fingerprint density at radius 2 is 1.86 bits per heavy atom. The second kappa shape index (κ2) is 7.11. The molecular formula is C10H18N4O6S. The second-order valence-corrected chi connectivity index (χ2v) is 6.81. The molecule has 0 radical (unpaired) electrons. The summed E-state index contributed by atoms with van der Waals surface area (Å²) >= 11 is 0. The second-order valence-electron chi connectivity index (χ2n) is 4.58. The highest BCUT2D eigenvalue weighted by molar-refractivity contribution is 7.91. The summed E-state index contributed by atoms with van der Waals surface area (Å²) in [7, 11) is -3.34. The molecule has 5 N–H and O–H groups in total. The van der Waals surface area contributed by atoms with Gasteiger partial charge in [-0.3, -0.25) is 4.79 Å². The van der Waals surface area contributed by atoms with Crippen LogP contribution >= 0.6 is 0 Å². The van der Waals surface area contributed by atoms with Crippen molar-refractivity contribution in [2.24, 2.45) is 5.73 Å². The van der Waals surface area contributed by atoms with Gasteiger partial charge < -0.3 is 26.4 Å². The zero-order valence-corrected chi connectivity index (χ0v) is 12.1. The molecule has 10 nitrogen and oxygen atoms in total.